The fraction of sp³-hybridized carbons (Fsp3) is 0.156. The number of benzene rings is 4. The molecule has 0 atom stereocenters. The van der Waals surface area contributed by atoms with Crippen molar-refractivity contribution in [1.29, 1.82) is 0 Å². The fourth-order valence-corrected chi connectivity index (χ4v) is 4.07. The number of nitrogens with one attached hydrogen (secondary N) is 1. The van der Waals surface area contributed by atoms with Crippen LogP contribution in [0.25, 0.3) is 11.1 Å². The number of amides is 2. The van der Waals surface area contributed by atoms with Gasteiger partial charge in [0.15, 0.2) is 0 Å². The average molecular weight is 507 g/mol. The van der Waals surface area contributed by atoms with Gasteiger partial charge in [0.05, 0.1) is 12.3 Å². The van der Waals surface area contributed by atoms with Gasteiger partial charge in [-0.2, -0.15) is 0 Å². The predicted molar refractivity (Wildman–Crippen MR) is 151 cm³/mol. The molecule has 38 heavy (non-hydrogen) atoms. The number of carbonyl (C=O) groups excluding carboxylic acids is 3. The smallest absolute Gasteiger partial charge is 0.258 e. The predicted octanol–water partition coefficient (Wildman–Crippen LogP) is 6.55. The lowest BCUT2D eigenvalue weighted by molar-refractivity contribution is -0.108. The molecule has 0 fully saturated rings. The van der Waals surface area contributed by atoms with Crippen LogP contribution in [0.1, 0.15) is 39.1 Å². The molecule has 0 bridgehead atoms. The summed E-state index contributed by atoms with van der Waals surface area (Å²) in [6, 6.07) is 29.6. The van der Waals surface area contributed by atoms with E-state index in [-0.39, 0.29) is 11.8 Å². The van der Waals surface area contributed by atoms with Gasteiger partial charge in [-0.15, -0.1) is 0 Å². The van der Waals surface area contributed by atoms with Crippen LogP contribution in [-0.4, -0.2) is 31.8 Å². The zero-order valence-corrected chi connectivity index (χ0v) is 21.5. The molecule has 0 unspecified atom stereocenters. The van der Waals surface area contributed by atoms with Crippen LogP contribution >= 0.6 is 0 Å². The van der Waals surface area contributed by atoms with Crippen LogP contribution in [0.3, 0.4) is 0 Å². The number of hydrogen-bond donors (Lipinski definition) is 1. The lowest BCUT2D eigenvalue weighted by atomic mass is 9.98. The summed E-state index contributed by atoms with van der Waals surface area (Å²) in [5, 5.41) is 2.94. The van der Waals surface area contributed by atoms with Crippen molar-refractivity contribution in [3.8, 4) is 16.9 Å². The topological polar surface area (TPSA) is 75.7 Å². The van der Waals surface area contributed by atoms with Gasteiger partial charge in [-0.1, -0.05) is 60.2 Å². The first-order valence-electron chi connectivity index (χ1n) is 12.5. The maximum atomic E-state index is 13.2. The van der Waals surface area contributed by atoms with Crippen molar-refractivity contribution in [2.75, 3.05) is 23.9 Å². The van der Waals surface area contributed by atoms with Gasteiger partial charge in [0.1, 0.15) is 12.0 Å². The van der Waals surface area contributed by atoms with Crippen molar-refractivity contribution in [2.24, 2.45) is 0 Å². The Bertz CT molecular complexity index is 1410. The Morgan fingerprint density at radius 1 is 0.868 bits per heavy atom. The standard InChI is InChI=1S/C32H30N2O4/c1-23-13-15-24(16-14-23)27-9-3-4-10-28(27)31(36)33-26-19-17-25(18-20-26)32(37)34(2)29-11-5-6-12-30(29)38-22-8-7-21-35/h3-6,9-21H,7-8,22H2,1-2H3,(H,33,36). The Morgan fingerprint density at radius 2 is 1.55 bits per heavy atom. The van der Waals surface area contributed by atoms with E-state index in [1.54, 1.807) is 43.4 Å². The van der Waals surface area contributed by atoms with E-state index in [1.807, 2.05) is 67.6 Å². The Kier molecular flexibility index (Phi) is 8.67. The van der Waals surface area contributed by atoms with Crippen LogP contribution in [0.15, 0.2) is 97.1 Å². The van der Waals surface area contributed by atoms with Crippen LogP contribution in [0, 0.1) is 6.92 Å². The Hall–Kier alpha value is -4.71. The highest BCUT2D eigenvalue weighted by atomic mass is 16.5. The zero-order chi connectivity index (χ0) is 26.9. The first kappa shape index (κ1) is 26.4. The number of unbranched alkanes of at least 4 members (excludes halogenated alkanes) is 1. The molecule has 4 aromatic carbocycles. The van der Waals surface area contributed by atoms with Crippen LogP contribution in [0.2, 0.25) is 0 Å². The summed E-state index contributed by atoms with van der Waals surface area (Å²) in [6.45, 7) is 2.42. The SMILES string of the molecule is Cc1ccc(-c2ccccc2C(=O)Nc2ccc(C(=O)N(C)c3ccccc3OCCCC=O)cc2)cc1. The number of nitrogens with zero attached hydrogens (tertiary/aromatic N) is 1. The number of anilines is 2. The molecular weight excluding hydrogens is 476 g/mol. The normalized spacial score (nSPS) is 10.5. The third-order valence-electron chi connectivity index (χ3n) is 6.18. The summed E-state index contributed by atoms with van der Waals surface area (Å²) in [4.78, 5) is 38.4. The second kappa shape index (κ2) is 12.5. The molecule has 0 radical (unpaired) electrons. The molecule has 6 nitrogen and oxygen atoms in total. The molecule has 2 amide bonds. The van der Waals surface area contributed by atoms with Gasteiger partial charge in [-0.3, -0.25) is 9.59 Å². The van der Waals surface area contributed by atoms with Gasteiger partial charge in [-0.25, -0.2) is 0 Å². The monoisotopic (exact) mass is 506 g/mol. The van der Waals surface area contributed by atoms with Gasteiger partial charge in [0.25, 0.3) is 11.8 Å². The molecule has 192 valence electrons. The Labute approximate surface area is 222 Å². The molecule has 0 saturated carbocycles. The molecule has 0 spiro atoms. The van der Waals surface area contributed by atoms with E-state index in [0.717, 1.165) is 23.0 Å². The van der Waals surface area contributed by atoms with Gasteiger partial charge in [0, 0.05) is 30.3 Å². The number of aryl methyl sites for hydroxylation is 1. The van der Waals surface area contributed by atoms with Crippen molar-refractivity contribution in [3.63, 3.8) is 0 Å². The summed E-state index contributed by atoms with van der Waals surface area (Å²) < 4.78 is 5.80. The van der Waals surface area contributed by atoms with Crippen molar-refractivity contribution in [3.05, 3.63) is 114 Å². The third-order valence-corrected chi connectivity index (χ3v) is 6.18. The minimum absolute atomic E-state index is 0.212. The summed E-state index contributed by atoms with van der Waals surface area (Å²) >= 11 is 0. The van der Waals surface area contributed by atoms with Gasteiger partial charge in [-0.05, 0) is 66.9 Å². The minimum atomic E-state index is -0.224. The van der Waals surface area contributed by atoms with Gasteiger partial charge in [0.2, 0.25) is 0 Å². The second-order valence-corrected chi connectivity index (χ2v) is 8.93. The van der Waals surface area contributed by atoms with Crippen molar-refractivity contribution in [2.45, 2.75) is 19.8 Å². The molecule has 0 saturated heterocycles. The number of aldehydes is 1. The van der Waals surface area contributed by atoms with Crippen molar-refractivity contribution in [1.82, 2.24) is 0 Å². The van der Waals surface area contributed by atoms with E-state index < -0.39 is 0 Å². The zero-order valence-electron chi connectivity index (χ0n) is 21.5. The van der Waals surface area contributed by atoms with E-state index >= 15 is 0 Å². The molecule has 0 aliphatic carbocycles. The first-order valence-corrected chi connectivity index (χ1v) is 12.5. The first-order chi connectivity index (χ1) is 18.5. The summed E-state index contributed by atoms with van der Waals surface area (Å²) in [5.74, 6) is 0.139. The third kappa shape index (κ3) is 6.34. The van der Waals surface area contributed by atoms with Crippen LogP contribution in [0.5, 0.6) is 5.75 Å². The van der Waals surface area contributed by atoms with E-state index in [9.17, 15) is 14.4 Å². The van der Waals surface area contributed by atoms with E-state index in [2.05, 4.69) is 5.32 Å². The van der Waals surface area contributed by atoms with Gasteiger partial charge < -0.3 is 19.7 Å². The fourth-order valence-electron chi connectivity index (χ4n) is 4.07. The summed E-state index contributed by atoms with van der Waals surface area (Å²) in [5.41, 5.74) is 5.24. The quantitative estimate of drug-likeness (QED) is 0.196. The van der Waals surface area contributed by atoms with E-state index in [4.69, 9.17) is 4.74 Å². The number of para-hydroxylation sites is 2. The molecule has 0 aromatic heterocycles. The maximum Gasteiger partial charge on any atom is 0.258 e. The second-order valence-electron chi connectivity index (χ2n) is 8.93. The van der Waals surface area contributed by atoms with Crippen molar-refractivity contribution >= 4 is 29.5 Å². The highest BCUT2D eigenvalue weighted by molar-refractivity contribution is 6.09. The molecule has 0 aliphatic rings. The van der Waals surface area contributed by atoms with Crippen LogP contribution in [-0.2, 0) is 4.79 Å². The van der Waals surface area contributed by atoms with E-state index in [0.29, 0.717) is 47.7 Å². The van der Waals surface area contributed by atoms with Crippen LogP contribution < -0.4 is 15.0 Å². The molecule has 4 aromatic rings. The summed E-state index contributed by atoms with van der Waals surface area (Å²) in [6.07, 6.45) is 1.90. The lowest BCUT2D eigenvalue weighted by Gasteiger charge is -2.21. The Morgan fingerprint density at radius 3 is 2.29 bits per heavy atom. The minimum Gasteiger partial charge on any atom is -0.491 e. The number of rotatable bonds is 10. The molecule has 0 heterocycles. The lowest BCUT2D eigenvalue weighted by Crippen LogP contribution is -2.26. The number of hydrogen-bond acceptors (Lipinski definition) is 4. The average Bonchev–Trinajstić information content (AvgIpc) is 2.95. The molecule has 0 aliphatic heterocycles. The molecule has 1 N–H and O–H groups in total. The van der Waals surface area contributed by atoms with Crippen molar-refractivity contribution < 1.29 is 19.1 Å². The highest BCUT2D eigenvalue weighted by Gasteiger charge is 2.18. The highest BCUT2D eigenvalue weighted by Crippen LogP contribution is 2.29. The Balaban J connectivity index is 1.46. The number of ether oxygens (including phenoxy) is 1. The number of carbonyl (C=O) groups is 3. The summed E-state index contributed by atoms with van der Waals surface area (Å²) in [7, 11) is 1.69. The van der Waals surface area contributed by atoms with Crippen LogP contribution in [0.4, 0.5) is 11.4 Å². The van der Waals surface area contributed by atoms with Gasteiger partial charge >= 0.3 is 0 Å². The molecule has 4 rings (SSSR count). The largest absolute Gasteiger partial charge is 0.491 e. The van der Waals surface area contributed by atoms with E-state index in [1.165, 1.54) is 4.90 Å². The maximum absolute atomic E-state index is 13.2. The molecule has 6 heteroatoms. The molecular formula is C32H30N2O4.